The summed E-state index contributed by atoms with van der Waals surface area (Å²) in [5.41, 5.74) is 0. The van der Waals surface area contributed by atoms with Crippen molar-refractivity contribution in [2.24, 2.45) is 0 Å². The Hall–Kier alpha value is -1.13. The van der Waals surface area contributed by atoms with Crippen molar-refractivity contribution in [3.05, 3.63) is 41.3 Å². The van der Waals surface area contributed by atoms with Gasteiger partial charge in [-0.2, -0.15) is 0 Å². The van der Waals surface area contributed by atoms with Crippen LogP contribution >= 0.6 is 0 Å². The minimum absolute atomic E-state index is 0.147. The molecule has 4 heteroatoms. The summed E-state index contributed by atoms with van der Waals surface area (Å²) in [4.78, 5) is 0.394. The van der Waals surface area contributed by atoms with Crippen molar-refractivity contribution in [1.29, 1.82) is 0 Å². The van der Waals surface area contributed by atoms with Crippen LogP contribution in [0.3, 0.4) is 0 Å². The lowest BCUT2D eigenvalue weighted by atomic mass is 10.3. The van der Waals surface area contributed by atoms with Gasteiger partial charge in [-0.05, 0) is 25.0 Å². The molecule has 0 fully saturated rings. The van der Waals surface area contributed by atoms with E-state index in [9.17, 15) is 13.5 Å². The lowest BCUT2D eigenvalue weighted by Crippen LogP contribution is -2.14. The number of hydrogen-bond donors (Lipinski definition) is 1. The molecule has 80 valence electrons. The average molecular weight is 224 g/mol. The summed E-state index contributed by atoms with van der Waals surface area (Å²) in [5, 5.41) is 9.54. The van der Waals surface area contributed by atoms with E-state index in [-0.39, 0.29) is 9.80 Å². The van der Waals surface area contributed by atoms with E-state index in [2.05, 4.69) is 0 Å². The second kappa shape index (κ2) is 3.79. The smallest absolute Gasteiger partial charge is 0.205 e. The number of benzene rings is 1. The third-order valence-corrected chi connectivity index (χ3v) is 4.43. The van der Waals surface area contributed by atoms with Gasteiger partial charge in [0.1, 0.15) is 0 Å². The van der Waals surface area contributed by atoms with Crippen molar-refractivity contribution < 1.29 is 13.5 Å². The minimum Gasteiger partial charge on any atom is -0.388 e. The third kappa shape index (κ3) is 1.82. The van der Waals surface area contributed by atoms with Gasteiger partial charge in [-0.1, -0.05) is 24.3 Å². The molecule has 0 saturated heterocycles. The highest BCUT2D eigenvalue weighted by atomic mass is 32.2. The molecule has 0 spiro atoms. The van der Waals surface area contributed by atoms with Crippen molar-refractivity contribution in [3.63, 3.8) is 0 Å². The Morgan fingerprint density at radius 1 is 1.20 bits per heavy atom. The molecule has 0 bridgehead atoms. The molecule has 1 unspecified atom stereocenters. The quantitative estimate of drug-likeness (QED) is 0.828. The van der Waals surface area contributed by atoms with E-state index in [0.717, 1.165) is 0 Å². The Labute approximate surface area is 89.0 Å². The Morgan fingerprint density at radius 3 is 2.40 bits per heavy atom. The van der Waals surface area contributed by atoms with Crippen LogP contribution in [0.5, 0.6) is 0 Å². The number of hydrogen-bond acceptors (Lipinski definition) is 3. The highest BCUT2D eigenvalue weighted by molar-refractivity contribution is 7.95. The Kier molecular flexibility index (Phi) is 2.63. The van der Waals surface area contributed by atoms with Crippen LogP contribution in [-0.2, 0) is 9.84 Å². The minimum atomic E-state index is -3.48. The molecule has 2 rings (SSSR count). The summed E-state index contributed by atoms with van der Waals surface area (Å²) in [6.45, 7) is 0. The van der Waals surface area contributed by atoms with Gasteiger partial charge in [0.25, 0.3) is 0 Å². The van der Waals surface area contributed by atoms with Gasteiger partial charge < -0.3 is 5.11 Å². The molecule has 0 aromatic heterocycles. The van der Waals surface area contributed by atoms with Gasteiger partial charge in [0, 0.05) is 0 Å². The predicted molar refractivity (Wildman–Crippen MR) is 57.0 cm³/mol. The molecule has 15 heavy (non-hydrogen) atoms. The molecule has 1 aromatic carbocycles. The molecule has 1 atom stereocenters. The Balaban J connectivity index is 2.45. The van der Waals surface area contributed by atoms with Crippen LogP contribution < -0.4 is 0 Å². The molecular weight excluding hydrogens is 212 g/mol. The van der Waals surface area contributed by atoms with E-state index in [1.165, 1.54) is 0 Å². The zero-order valence-corrected chi connectivity index (χ0v) is 8.94. The van der Waals surface area contributed by atoms with Gasteiger partial charge in [0.15, 0.2) is 0 Å². The third-order valence-electron chi connectivity index (χ3n) is 2.48. The lowest BCUT2D eigenvalue weighted by molar-refractivity contribution is 0.218. The highest BCUT2D eigenvalue weighted by Gasteiger charge is 2.29. The molecule has 0 radical (unpaired) electrons. The monoisotopic (exact) mass is 224 g/mol. The molecule has 3 nitrogen and oxygen atoms in total. The largest absolute Gasteiger partial charge is 0.388 e. The first kappa shape index (κ1) is 10.4. The van der Waals surface area contributed by atoms with Crippen LogP contribution in [0.25, 0.3) is 0 Å². The number of aliphatic hydroxyl groups is 1. The second-order valence-corrected chi connectivity index (χ2v) is 5.47. The molecule has 0 aliphatic heterocycles. The summed E-state index contributed by atoms with van der Waals surface area (Å²) in [5.74, 6) is 0. The Bertz CT molecular complexity index is 474. The van der Waals surface area contributed by atoms with Crippen LogP contribution in [0.4, 0.5) is 0 Å². The van der Waals surface area contributed by atoms with Crippen LogP contribution in [0, 0.1) is 0 Å². The first-order valence-electron chi connectivity index (χ1n) is 4.80. The first-order chi connectivity index (χ1) is 7.12. The zero-order chi connectivity index (χ0) is 10.9. The van der Waals surface area contributed by atoms with Crippen molar-refractivity contribution >= 4 is 9.84 Å². The molecular formula is C11H12O3S. The van der Waals surface area contributed by atoms with E-state index in [0.29, 0.717) is 12.8 Å². The van der Waals surface area contributed by atoms with Gasteiger partial charge in [0.2, 0.25) is 9.84 Å². The number of aliphatic hydroxyl groups excluding tert-OH is 1. The number of allylic oxidation sites excluding steroid dienone is 1. The van der Waals surface area contributed by atoms with Crippen LogP contribution in [0.2, 0.25) is 0 Å². The predicted octanol–water partition coefficient (Wildman–Crippen LogP) is 1.50. The topological polar surface area (TPSA) is 54.4 Å². The molecule has 1 aliphatic rings. The maximum atomic E-state index is 12.0. The van der Waals surface area contributed by atoms with Gasteiger partial charge >= 0.3 is 0 Å². The molecule has 0 saturated carbocycles. The van der Waals surface area contributed by atoms with E-state index in [4.69, 9.17) is 0 Å². The summed E-state index contributed by atoms with van der Waals surface area (Å²) in [6.07, 6.45) is 1.90. The molecule has 1 aromatic rings. The lowest BCUT2D eigenvalue weighted by Gasteiger charge is -2.09. The van der Waals surface area contributed by atoms with Gasteiger partial charge in [-0.3, -0.25) is 0 Å². The second-order valence-electron chi connectivity index (χ2n) is 3.52. The fraction of sp³-hybridized carbons (Fsp3) is 0.273. The van der Waals surface area contributed by atoms with Crippen molar-refractivity contribution in [3.8, 4) is 0 Å². The van der Waals surface area contributed by atoms with Gasteiger partial charge in [0.05, 0.1) is 15.9 Å². The van der Waals surface area contributed by atoms with Crippen LogP contribution in [0.15, 0.2) is 46.2 Å². The summed E-state index contributed by atoms with van der Waals surface area (Å²) < 4.78 is 24.0. The van der Waals surface area contributed by atoms with Crippen molar-refractivity contribution in [2.45, 2.75) is 23.8 Å². The average Bonchev–Trinajstić information content (AvgIpc) is 2.66. The van der Waals surface area contributed by atoms with Crippen molar-refractivity contribution in [1.82, 2.24) is 0 Å². The fourth-order valence-corrected chi connectivity index (χ4v) is 3.29. The number of rotatable bonds is 2. The SMILES string of the molecule is O=S(=O)(C1=CCCC1O)c1ccccc1. The standard InChI is InChI=1S/C11H12O3S/c12-10-7-4-8-11(10)15(13,14)9-5-2-1-3-6-9/h1-3,5-6,8,10,12H,4,7H2. The van der Waals surface area contributed by atoms with Crippen LogP contribution in [-0.4, -0.2) is 19.6 Å². The molecule has 0 amide bonds. The first-order valence-corrected chi connectivity index (χ1v) is 6.29. The normalized spacial score (nSPS) is 21.4. The van der Waals surface area contributed by atoms with Crippen molar-refractivity contribution in [2.75, 3.05) is 0 Å². The summed E-state index contributed by atoms with van der Waals surface area (Å²) >= 11 is 0. The zero-order valence-electron chi connectivity index (χ0n) is 8.13. The summed E-state index contributed by atoms with van der Waals surface area (Å²) in [6, 6.07) is 8.20. The maximum Gasteiger partial charge on any atom is 0.205 e. The summed E-state index contributed by atoms with van der Waals surface area (Å²) in [7, 11) is -3.48. The van der Waals surface area contributed by atoms with Crippen LogP contribution in [0.1, 0.15) is 12.8 Å². The van der Waals surface area contributed by atoms with E-state index in [1.807, 2.05) is 0 Å². The molecule has 0 heterocycles. The van der Waals surface area contributed by atoms with E-state index in [1.54, 1.807) is 36.4 Å². The molecule has 1 aliphatic carbocycles. The van der Waals surface area contributed by atoms with E-state index < -0.39 is 15.9 Å². The fourth-order valence-electron chi connectivity index (χ4n) is 1.69. The Morgan fingerprint density at radius 2 is 1.87 bits per heavy atom. The molecule has 1 N–H and O–H groups in total. The van der Waals surface area contributed by atoms with E-state index >= 15 is 0 Å². The van der Waals surface area contributed by atoms with Gasteiger partial charge in [-0.25, -0.2) is 8.42 Å². The number of sulfone groups is 1. The maximum absolute atomic E-state index is 12.0. The highest BCUT2D eigenvalue weighted by Crippen LogP contribution is 2.28. The van der Waals surface area contributed by atoms with Gasteiger partial charge in [-0.15, -0.1) is 0 Å².